The van der Waals surface area contributed by atoms with E-state index in [9.17, 15) is 14.7 Å². The van der Waals surface area contributed by atoms with Gasteiger partial charge in [-0.2, -0.15) is 0 Å². The molecule has 3 rings (SSSR count). The first-order valence-corrected chi connectivity index (χ1v) is 11.9. The number of anilines is 3. The summed E-state index contributed by atoms with van der Waals surface area (Å²) in [6.45, 7) is 2.05. The number of ether oxygens (including phenoxy) is 2. The first kappa shape index (κ1) is 26.0. The zero-order valence-corrected chi connectivity index (χ0v) is 21.1. The predicted octanol–water partition coefficient (Wildman–Crippen LogP) is 5.47. The Kier molecular flexibility index (Phi) is 9.50. The van der Waals surface area contributed by atoms with Crippen molar-refractivity contribution < 1.29 is 24.2 Å². The number of halogens is 1. The van der Waals surface area contributed by atoms with E-state index < -0.39 is 24.2 Å². The summed E-state index contributed by atoms with van der Waals surface area (Å²) in [5, 5.41) is 15.9. The maximum atomic E-state index is 12.7. The van der Waals surface area contributed by atoms with Crippen LogP contribution >= 0.6 is 22.6 Å². The van der Waals surface area contributed by atoms with Gasteiger partial charge >= 0.3 is 6.09 Å². The summed E-state index contributed by atoms with van der Waals surface area (Å²) in [7, 11) is 0. The van der Waals surface area contributed by atoms with Crippen LogP contribution in [0.15, 0.2) is 84.9 Å². The zero-order chi connectivity index (χ0) is 25.2. The fourth-order valence-corrected chi connectivity index (χ4v) is 3.76. The fraction of sp³-hybridized carbons (Fsp3) is 0.154. The summed E-state index contributed by atoms with van der Waals surface area (Å²) in [5.74, 6) is -0.505. The third-order valence-corrected chi connectivity index (χ3v) is 5.53. The molecule has 3 aromatic rings. The van der Waals surface area contributed by atoms with E-state index in [1.165, 1.54) is 18.2 Å². The van der Waals surface area contributed by atoms with Crippen molar-refractivity contribution in [2.45, 2.75) is 19.1 Å². The van der Waals surface area contributed by atoms with Gasteiger partial charge in [-0.25, -0.2) is 4.79 Å². The quantitative estimate of drug-likeness (QED) is 0.150. The van der Waals surface area contributed by atoms with Crippen LogP contribution in [0.25, 0.3) is 0 Å². The van der Waals surface area contributed by atoms with E-state index in [-0.39, 0.29) is 12.4 Å². The van der Waals surface area contributed by atoms with Crippen LogP contribution < -0.4 is 16.4 Å². The highest BCUT2D eigenvalue weighted by Gasteiger charge is 2.29. The fourth-order valence-electron chi connectivity index (χ4n) is 3.25. The summed E-state index contributed by atoms with van der Waals surface area (Å²) < 4.78 is 12.4. The van der Waals surface area contributed by atoms with Gasteiger partial charge in [0.05, 0.1) is 11.4 Å². The second kappa shape index (κ2) is 12.8. The average molecular weight is 587 g/mol. The maximum absolute atomic E-state index is 12.7. The molecule has 0 saturated heterocycles. The van der Waals surface area contributed by atoms with Crippen LogP contribution in [-0.2, 0) is 14.3 Å². The lowest BCUT2D eigenvalue weighted by atomic mass is 10.0. The molecule has 0 spiro atoms. The van der Waals surface area contributed by atoms with Crippen molar-refractivity contribution in [1.29, 1.82) is 0 Å². The van der Waals surface area contributed by atoms with Crippen molar-refractivity contribution in [1.82, 2.24) is 0 Å². The highest BCUT2D eigenvalue weighted by atomic mass is 127. The molecule has 0 fully saturated rings. The van der Waals surface area contributed by atoms with Crippen molar-refractivity contribution >= 4 is 51.7 Å². The smallest absolute Gasteiger partial charge is 0.412 e. The molecule has 0 aromatic heterocycles. The van der Waals surface area contributed by atoms with E-state index in [2.05, 4.69) is 33.2 Å². The average Bonchev–Trinajstić information content (AvgIpc) is 2.84. The molecule has 35 heavy (non-hydrogen) atoms. The highest BCUT2D eigenvalue weighted by Crippen LogP contribution is 2.33. The number of carbonyl (C=O) groups excluding carboxylic acids is 2. The number of nitrogen functional groups attached to an aromatic ring is 1. The molecule has 2 amide bonds. The molecule has 0 unspecified atom stereocenters. The Morgan fingerprint density at radius 2 is 1.77 bits per heavy atom. The van der Waals surface area contributed by atoms with Crippen LogP contribution in [0.5, 0.6) is 5.75 Å². The molecule has 0 aliphatic heterocycles. The lowest BCUT2D eigenvalue weighted by molar-refractivity contribution is -0.112. The molecule has 0 aliphatic rings. The van der Waals surface area contributed by atoms with Crippen LogP contribution in [0.3, 0.4) is 0 Å². The van der Waals surface area contributed by atoms with Crippen LogP contribution in [0.4, 0.5) is 21.9 Å². The molecule has 9 heteroatoms. The van der Waals surface area contributed by atoms with Crippen LogP contribution in [-0.4, -0.2) is 29.8 Å². The van der Waals surface area contributed by atoms with E-state index in [0.29, 0.717) is 22.6 Å². The number of phenolic OH excluding ortho intramolecular Hbond substituents is 1. The molecule has 0 aliphatic carbocycles. The maximum Gasteiger partial charge on any atom is 0.412 e. The Balaban J connectivity index is 1.86. The molecule has 182 valence electrons. The van der Waals surface area contributed by atoms with E-state index in [1.807, 2.05) is 6.07 Å². The minimum absolute atomic E-state index is 0.0671. The van der Waals surface area contributed by atoms with E-state index in [1.54, 1.807) is 67.6 Å². The number of aromatic hydroxyl groups is 1. The van der Waals surface area contributed by atoms with Crippen molar-refractivity contribution in [2.75, 3.05) is 23.0 Å². The third kappa shape index (κ3) is 7.72. The molecular formula is C26H26IN3O5. The van der Waals surface area contributed by atoms with E-state index in [4.69, 9.17) is 15.2 Å². The summed E-state index contributed by atoms with van der Waals surface area (Å²) in [5.41, 5.74) is 7.68. The Morgan fingerprint density at radius 3 is 2.49 bits per heavy atom. The van der Waals surface area contributed by atoms with Crippen molar-refractivity contribution in [3.05, 3.63) is 94.1 Å². The van der Waals surface area contributed by atoms with Gasteiger partial charge in [0.2, 0.25) is 5.91 Å². The molecule has 0 bridgehead atoms. The summed E-state index contributed by atoms with van der Waals surface area (Å²) in [6.07, 6.45) is 0.115. The molecule has 2 atom stereocenters. The number of rotatable bonds is 9. The number of nitrogens with one attached hydrogen (secondary N) is 2. The SMILES string of the molecule is CCO[C@H](/C=C/C(=O)Nc1ccccc1N)[C@H](OC(=O)Nc1ccccc1)c1cc(I)ccc1O. The molecule has 0 saturated carbocycles. The summed E-state index contributed by atoms with van der Waals surface area (Å²) in [4.78, 5) is 25.3. The first-order chi connectivity index (χ1) is 16.9. The number of nitrogens with two attached hydrogens (primary N) is 1. The second-order valence-corrected chi connectivity index (χ2v) is 8.62. The molecular weight excluding hydrogens is 561 g/mol. The zero-order valence-electron chi connectivity index (χ0n) is 19.0. The Bertz CT molecular complexity index is 1190. The standard InChI is InChI=1S/C26H26IN3O5/c1-2-34-23(14-15-24(32)30-21-11-7-6-10-20(21)28)25(19-16-17(27)12-13-22(19)31)35-26(33)29-18-8-4-3-5-9-18/h3-16,23,25,31H,2,28H2,1H3,(H,29,33)(H,30,32)/b15-14+/t23-,25-/m1/s1. The van der Waals surface area contributed by atoms with Crippen molar-refractivity contribution in [2.24, 2.45) is 0 Å². The monoisotopic (exact) mass is 587 g/mol. The van der Waals surface area contributed by atoms with E-state index in [0.717, 1.165) is 3.57 Å². The number of amides is 2. The van der Waals surface area contributed by atoms with Crippen molar-refractivity contribution in [3.8, 4) is 5.75 Å². The van der Waals surface area contributed by atoms with Crippen LogP contribution in [0.2, 0.25) is 0 Å². The molecule has 0 heterocycles. The number of hydrogen-bond donors (Lipinski definition) is 4. The van der Waals surface area contributed by atoms with Gasteiger partial charge in [0.25, 0.3) is 0 Å². The van der Waals surface area contributed by atoms with Crippen molar-refractivity contribution in [3.63, 3.8) is 0 Å². The van der Waals surface area contributed by atoms with Gasteiger partial charge in [0.1, 0.15) is 11.9 Å². The third-order valence-electron chi connectivity index (χ3n) is 4.86. The number of phenols is 1. The Labute approximate surface area is 217 Å². The van der Waals surface area contributed by atoms with Crippen LogP contribution in [0, 0.1) is 3.57 Å². The molecule has 0 radical (unpaired) electrons. The number of carbonyl (C=O) groups is 2. The number of hydrogen-bond acceptors (Lipinski definition) is 6. The molecule has 3 aromatic carbocycles. The van der Waals surface area contributed by atoms with Gasteiger partial charge in [-0.3, -0.25) is 10.1 Å². The van der Waals surface area contributed by atoms with E-state index >= 15 is 0 Å². The lowest BCUT2D eigenvalue weighted by Crippen LogP contribution is -2.28. The lowest BCUT2D eigenvalue weighted by Gasteiger charge is -2.26. The van der Waals surface area contributed by atoms with Gasteiger partial charge in [0, 0.05) is 27.5 Å². The molecule has 8 nitrogen and oxygen atoms in total. The predicted molar refractivity (Wildman–Crippen MR) is 144 cm³/mol. The first-order valence-electron chi connectivity index (χ1n) is 10.8. The van der Waals surface area contributed by atoms with Gasteiger partial charge in [0.15, 0.2) is 6.10 Å². The van der Waals surface area contributed by atoms with Crippen LogP contribution in [0.1, 0.15) is 18.6 Å². The Hall–Kier alpha value is -3.57. The summed E-state index contributed by atoms with van der Waals surface area (Å²) in [6, 6.07) is 20.7. The van der Waals surface area contributed by atoms with Gasteiger partial charge < -0.3 is 25.6 Å². The second-order valence-electron chi connectivity index (χ2n) is 7.38. The molecule has 5 N–H and O–H groups in total. The Morgan fingerprint density at radius 1 is 1.06 bits per heavy atom. The minimum Gasteiger partial charge on any atom is -0.508 e. The number of benzene rings is 3. The normalized spacial score (nSPS) is 12.6. The van der Waals surface area contributed by atoms with Gasteiger partial charge in [-0.15, -0.1) is 0 Å². The number of para-hydroxylation sites is 3. The van der Waals surface area contributed by atoms with Gasteiger partial charge in [-0.1, -0.05) is 30.3 Å². The summed E-state index contributed by atoms with van der Waals surface area (Å²) >= 11 is 2.10. The minimum atomic E-state index is -1.04. The topological polar surface area (TPSA) is 123 Å². The van der Waals surface area contributed by atoms with Gasteiger partial charge in [-0.05, 0) is 78.1 Å². The highest BCUT2D eigenvalue weighted by molar-refractivity contribution is 14.1. The largest absolute Gasteiger partial charge is 0.508 e.